The van der Waals surface area contributed by atoms with Gasteiger partial charge in [0.25, 0.3) is 0 Å². The Labute approximate surface area is 80.8 Å². The smallest absolute Gasteiger partial charge is 0.342 e. The summed E-state index contributed by atoms with van der Waals surface area (Å²) in [6.45, 7) is -0.154. The summed E-state index contributed by atoms with van der Waals surface area (Å²) in [6, 6.07) is 3.57. The number of carbonyl (C=O) groups excluding carboxylic acids is 1. The van der Waals surface area contributed by atoms with Gasteiger partial charge in [0.05, 0.1) is 0 Å². The van der Waals surface area contributed by atoms with Crippen LogP contribution in [0.5, 0.6) is 11.5 Å². The quantitative estimate of drug-likeness (QED) is 0.539. The third kappa shape index (κ3) is 2.17. The number of hydrogen-bond acceptors (Lipinski definition) is 4. The number of terminal acetylenes is 1. The van der Waals surface area contributed by atoms with Gasteiger partial charge in [0.15, 0.2) is 6.61 Å². The molecule has 4 nitrogen and oxygen atoms in total. The first kappa shape index (κ1) is 9.93. The lowest BCUT2D eigenvalue weighted by atomic mass is 10.2. The first-order chi connectivity index (χ1) is 6.65. The van der Waals surface area contributed by atoms with Gasteiger partial charge >= 0.3 is 5.97 Å². The van der Waals surface area contributed by atoms with Gasteiger partial charge in [-0.25, -0.2) is 4.79 Å². The van der Waals surface area contributed by atoms with Crippen LogP contribution in [0.4, 0.5) is 0 Å². The highest BCUT2D eigenvalue weighted by Gasteiger charge is 2.12. The van der Waals surface area contributed by atoms with Crippen LogP contribution in [-0.4, -0.2) is 22.8 Å². The van der Waals surface area contributed by atoms with E-state index in [1.165, 1.54) is 12.1 Å². The lowest BCUT2D eigenvalue weighted by molar-refractivity contribution is 0.0553. The Balaban J connectivity index is 2.86. The Morgan fingerprint density at radius 2 is 2.21 bits per heavy atom. The van der Waals surface area contributed by atoms with Crippen LogP contribution in [0.25, 0.3) is 0 Å². The molecule has 1 aromatic rings. The first-order valence-corrected chi connectivity index (χ1v) is 3.77. The second kappa shape index (κ2) is 4.19. The number of aromatic hydroxyl groups is 2. The normalized spacial score (nSPS) is 9.07. The molecule has 0 amide bonds. The molecule has 0 bridgehead atoms. The summed E-state index contributed by atoms with van der Waals surface area (Å²) in [5.41, 5.74) is -0.0296. The van der Waals surface area contributed by atoms with E-state index < -0.39 is 5.97 Å². The molecule has 0 radical (unpaired) electrons. The second-order valence-electron chi connectivity index (χ2n) is 2.48. The molecule has 0 aliphatic heterocycles. The minimum atomic E-state index is -0.722. The molecule has 0 fully saturated rings. The van der Waals surface area contributed by atoms with Crippen molar-refractivity contribution in [3.8, 4) is 23.8 Å². The van der Waals surface area contributed by atoms with E-state index in [2.05, 4.69) is 10.7 Å². The van der Waals surface area contributed by atoms with Crippen LogP contribution in [0.15, 0.2) is 18.2 Å². The fraction of sp³-hybridized carbons (Fsp3) is 0.100. The molecular formula is C10H8O4. The summed E-state index contributed by atoms with van der Waals surface area (Å²) >= 11 is 0. The van der Waals surface area contributed by atoms with Gasteiger partial charge in [0.2, 0.25) is 0 Å². The van der Waals surface area contributed by atoms with Crippen molar-refractivity contribution in [2.45, 2.75) is 0 Å². The maximum Gasteiger partial charge on any atom is 0.342 e. The van der Waals surface area contributed by atoms with Crippen molar-refractivity contribution in [1.29, 1.82) is 0 Å². The van der Waals surface area contributed by atoms with Crippen LogP contribution in [0, 0.1) is 12.3 Å². The number of esters is 1. The molecule has 1 rings (SSSR count). The molecule has 0 saturated heterocycles. The number of phenols is 2. The minimum absolute atomic E-state index is 0.0296. The van der Waals surface area contributed by atoms with Crippen LogP contribution in [0.2, 0.25) is 0 Å². The Morgan fingerprint density at radius 1 is 1.50 bits per heavy atom. The number of hydrogen-bond donors (Lipinski definition) is 2. The molecule has 1 aromatic carbocycles. The van der Waals surface area contributed by atoms with Gasteiger partial charge in [-0.05, 0) is 12.1 Å². The fourth-order valence-electron chi connectivity index (χ4n) is 0.878. The average molecular weight is 192 g/mol. The first-order valence-electron chi connectivity index (χ1n) is 3.77. The molecule has 0 aliphatic carbocycles. The van der Waals surface area contributed by atoms with E-state index in [1.54, 1.807) is 0 Å². The average Bonchev–Trinajstić information content (AvgIpc) is 2.14. The van der Waals surface area contributed by atoms with Gasteiger partial charge in [0, 0.05) is 6.07 Å². The van der Waals surface area contributed by atoms with E-state index in [0.29, 0.717) is 0 Å². The summed E-state index contributed by atoms with van der Waals surface area (Å²) in [7, 11) is 0. The summed E-state index contributed by atoms with van der Waals surface area (Å²) in [6.07, 6.45) is 4.89. The zero-order chi connectivity index (χ0) is 10.6. The molecule has 0 spiro atoms. The monoisotopic (exact) mass is 192 g/mol. The van der Waals surface area contributed by atoms with Crippen molar-refractivity contribution in [2.24, 2.45) is 0 Å². The van der Waals surface area contributed by atoms with Crippen molar-refractivity contribution in [3.63, 3.8) is 0 Å². The Bertz CT molecular complexity index is 390. The van der Waals surface area contributed by atoms with E-state index in [1.807, 2.05) is 0 Å². The molecule has 72 valence electrons. The van der Waals surface area contributed by atoms with E-state index in [-0.39, 0.29) is 23.7 Å². The number of rotatable bonds is 2. The highest BCUT2D eigenvalue weighted by atomic mass is 16.5. The highest BCUT2D eigenvalue weighted by molar-refractivity contribution is 5.92. The van der Waals surface area contributed by atoms with Gasteiger partial charge in [0.1, 0.15) is 17.1 Å². The van der Waals surface area contributed by atoms with Crippen molar-refractivity contribution >= 4 is 5.97 Å². The summed E-state index contributed by atoms with van der Waals surface area (Å²) in [4.78, 5) is 11.2. The van der Waals surface area contributed by atoms with Crippen molar-refractivity contribution in [2.75, 3.05) is 6.61 Å². The van der Waals surface area contributed by atoms with E-state index >= 15 is 0 Å². The fourth-order valence-corrected chi connectivity index (χ4v) is 0.878. The topological polar surface area (TPSA) is 66.8 Å². The van der Waals surface area contributed by atoms with Crippen LogP contribution in [-0.2, 0) is 4.74 Å². The largest absolute Gasteiger partial charge is 0.508 e. The highest BCUT2D eigenvalue weighted by Crippen LogP contribution is 2.22. The Hall–Kier alpha value is -2.15. The molecule has 0 heterocycles. The molecule has 4 heteroatoms. The van der Waals surface area contributed by atoms with Crippen LogP contribution in [0.3, 0.4) is 0 Å². The molecule has 0 atom stereocenters. The van der Waals surface area contributed by atoms with Gasteiger partial charge in [-0.15, -0.1) is 6.42 Å². The van der Waals surface area contributed by atoms with Gasteiger partial charge in [-0.2, -0.15) is 0 Å². The van der Waals surface area contributed by atoms with Crippen LogP contribution in [0.1, 0.15) is 10.4 Å². The van der Waals surface area contributed by atoms with Crippen molar-refractivity contribution in [3.05, 3.63) is 23.8 Å². The standard InChI is InChI=1S/C10H8O4/c1-2-5-14-10(13)8-4-3-7(11)6-9(8)12/h1,3-4,6,11-12H,5H2. The molecule has 14 heavy (non-hydrogen) atoms. The third-order valence-corrected chi connectivity index (χ3v) is 1.49. The Morgan fingerprint density at radius 3 is 2.79 bits per heavy atom. The Kier molecular flexibility index (Phi) is 2.97. The third-order valence-electron chi connectivity index (χ3n) is 1.49. The molecule has 2 N–H and O–H groups in total. The molecular weight excluding hydrogens is 184 g/mol. The van der Waals surface area contributed by atoms with Gasteiger partial charge in [-0.1, -0.05) is 5.92 Å². The molecule has 0 aromatic heterocycles. The van der Waals surface area contributed by atoms with Crippen molar-refractivity contribution in [1.82, 2.24) is 0 Å². The lowest BCUT2D eigenvalue weighted by Gasteiger charge is -2.03. The zero-order valence-electron chi connectivity index (χ0n) is 7.23. The lowest BCUT2D eigenvalue weighted by Crippen LogP contribution is -2.05. The minimum Gasteiger partial charge on any atom is -0.508 e. The molecule has 0 unspecified atom stereocenters. The van der Waals surface area contributed by atoms with Gasteiger partial charge in [-0.3, -0.25) is 0 Å². The number of carbonyl (C=O) groups is 1. The summed E-state index contributed by atoms with van der Waals surface area (Å²) in [5, 5.41) is 18.2. The van der Waals surface area contributed by atoms with E-state index in [4.69, 9.17) is 11.5 Å². The van der Waals surface area contributed by atoms with Crippen LogP contribution < -0.4 is 0 Å². The molecule has 0 saturated carbocycles. The number of benzene rings is 1. The van der Waals surface area contributed by atoms with Gasteiger partial charge < -0.3 is 14.9 Å². The number of ether oxygens (including phenoxy) is 1. The maximum atomic E-state index is 11.2. The maximum absolute atomic E-state index is 11.2. The summed E-state index contributed by atoms with van der Waals surface area (Å²) < 4.78 is 4.58. The van der Waals surface area contributed by atoms with E-state index in [9.17, 15) is 9.90 Å². The second-order valence-corrected chi connectivity index (χ2v) is 2.48. The van der Waals surface area contributed by atoms with Crippen LogP contribution >= 0.6 is 0 Å². The van der Waals surface area contributed by atoms with Crippen molar-refractivity contribution < 1.29 is 19.7 Å². The zero-order valence-corrected chi connectivity index (χ0v) is 7.23. The predicted octanol–water partition coefficient (Wildman–Crippen LogP) is 0.888. The predicted molar refractivity (Wildman–Crippen MR) is 48.9 cm³/mol. The summed E-state index contributed by atoms with van der Waals surface area (Å²) in [5.74, 6) is 0.934. The molecule has 0 aliphatic rings. The van der Waals surface area contributed by atoms with E-state index in [0.717, 1.165) is 6.07 Å². The SMILES string of the molecule is C#CCOC(=O)c1ccc(O)cc1O. The number of phenolic OH excluding ortho intramolecular Hbond substituents is 2.